The average Bonchev–Trinajstić information content (AvgIpc) is 2.90. The molecule has 0 saturated carbocycles. The van der Waals surface area contributed by atoms with Crippen molar-refractivity contribution >= 4 is 40.1 Å². The van der Waals surface area contributed by atoms with Gasteiger partial charge in [0.05, 0.1) is 28.2 Å². The summed E-state index contributed by atoms with van der Waals surface area (Å²) in [6.45, 7) is 2.90. The van der Waals surface area contributed by atoms with E-state index in [2.05, 4.69) is 20.3 Å². The fourth-order valence-electron chi connectivity index (χ4n) is 4.63. The first kappa shape index (κ1) is 24.8. The average molecular weight is 524 g/mol. The molecule has 2 aromatic heterocycles. The first-order valence-electron chi connectivity index (χ1n) is 11.9. The summed E-state index contributed by atoms with van der Waals surface area (Å²) in [5, 5.41) is 13.4. The van der Waals surface area contributed by atoms with Crippen LogP contribution in [0, 0.1) is 17.6 Å². The molecule has 0 radical (unpaired) electrons. The van der Waals surface area contributed by atoms with Crippen LogP contribution in [0.4, 0.5) is 20.4 Å². The first-order chi connectivity index (χ1) is 17.8. The van der Waals surface area contributed by atoms with E-state index < -0.39 is 17.8 Å². The van der Waals surface area contributed by atoms with Gasteiger partial charge in [-0.2, -0.15) is 0 Å². The van der Waals surface area contributed by atoms with Crippen LogP contribution in [0.15, 0.2) is 55.0 Å². The Balaban J connectivity index is 1.45. The van der Waals surface area contributed by atoms with E-state index in [1.807, 2.05) is 11.8 Å². The van der Waals surface area contributed by atoms with Crippen LogP contribution in [0.3, 0.4) is 0 Å². The van der Waals surface area contributed by atoms with Crippen LogP contribution >= 0.6 is 11.6 Å². The van der Waals surface area contributed by atoms with Crippen molar-refractivity contribution in [3.63, 3.8) is 0 Å². The van der Waals surface area contributed by atoms with Gasteiger partial charge in [0.15, 0.2) is 0 Å². The van der Waals surface area contributed by atoms with E-state index in [1.165, 1.54) is 18.3 Å². The van der Waals surface area contributed by atoms with Crippen LogP contribution in [0.2, 0.25) is 5.02 Å². The van der Waals surface area contributed by atoms with E-state index in [4.69, 9.17) is 11.6 Å². The molecule has 3 heterocycles. The number of benzene rings is 2. The van der Waals surface area contributed by atoms with Crippen molar-refractivity contribution in [2.45, 2.75) is 25.8 Å². The zero-order valence-electron chi connectivity index (χ0n) is 20.0. The lowest BCUT2D eigenvalue weighted by Crippen LogP contribution is -2.37. The number of rotatable bonds is 6. The van der Waals surface area contributed by atoms with E-state index in [-0.39, 0.29) is 17.3 Å². The molecule has 1 aliphatic heterocycles. The second-order valence-corrected chi connectivity index (χ2v) is 9.50. The summed E-state index contributed by atoms with van der Waals surface area (Å²) in [6, 6.07) is 9.02. The molecular formula is C27H24ClF2N5O2. The molecule has 2 aromatic carbocycles. The number of carbonyl (C=O) groups is 1. The van der Waals surface area contributed by atoms with E-state index >= 15 is 4.39 Å². The quantitative estimate of drug-likeness (QED) is 0.315. The van der Waals surface area contributed by atoms with Crippen molar-refractivity contribution in [3.05, 3.63) is 77.2 Å². The Morgan fingerprint density at radius 3 is 2.46 bits per heavy atom. The van der Waals surface area contributed by atoms with Crippen LogP contribution < -0.4 is 10.2 Å². The molecule has 1 atom stereocenters. The molecule has 190 valence electrons. The van der Waals surface area contributed by atoms with Gasteiger partial charge in [0, 0.05) is 59.8 Å². The van der Waals surface area contributed by atoms with E-state index in [0.717, 1.165) is 0 Å². The Morgan fingerprint density at radius 2 is 1.78 bits per heavy atom. The van der Waals surface area contributed by atoms with Gasteiger partial charge in [-0.05, 0) is 31.9 Å². The lowest BCUT2D eigenvalue weighted by molar-refractivity contribution is -0.142. The van der Waals surface area contributed by atoms with Gasteiger partial charge in [-0.1, -0.05) is 29.8 Å². The van der Waals surface area contributed by atoms with Crippen molar-refractivity contribution in [1.29, 1.82) is 0 Å². The van der Waals surface area contributed by atoms with E-state index in [1.54, 1.807) is 36.7 Å². The molecule has 4 aromatic rings. The maximum Gasteiger partial charge on any atom is 0.306 e. The molecule has 10 heteroatoms. The van der Waals surface area contributed by atoms with Gasteiger partial charge in [-0.3, -0.25) is 9.78 Å². The molecule has 1 fully saturated rings. The normalized spacial score (nSPS) is 15.1. The lowest BCUT2D eigenvalue weighted by atomic mass is 9.97. The highest BCUT2D eigenvalue weighted by molar-refractivity contribution is 6.34. The number of aromatic nitrogens is 3. The summed E-state index contributed by atoms with van der Waals surface area (Å²) in [6.07, 6.45) is 5.57. The maximum atomic E-state index is 15.1. The van der Waals surface area contributed by atoms with Crippen molar-refractivity contribution < 1.29 is 18.7 Å². The summed E-state index contributed by atoms with van der Waals surface area (Å²) in [5.41, 5.74) is 2.13. The molecule has 0 bridgehead atoms. The number of halogens is 3. The van der Waals surface area contributed by atoms with Gasteiger partial charge in [-0.25, -0.2) is 18.7 Å². The number of piperidine rings is 1. The van der Waals surface area contributed by atoms with Crippen molar-refractivity contribution in [2.75, 3.05) is 23.3 Å². The lowest BCUT2D eigenvalue weighted by Gasteiger charge is -2.30. The molecule has 1 saturated heterocycles. The number of hydrogen-bond acceptors (Lipinski definition) is 6. The second-order valence-electron chi connectivity index (χ2n) is 9.09. The third-order valence-corrected chi connectivity index (χ3v) is 7.01. The van der Waals surface area contributed by atoms with Crippen LogP contribution in [-0.4, -0.2) is 39.1 Å². The zero-order chi connectivity index (χ0) is 26.1. The third kappa shape index (κ3) is 5.04. The van der Waals surface area contributed by atoms with Gasteiger partial charge >= 0.3 is 5.97 Å². The van der Waals surface area contributed by atoms with Crippen LogP contribution in [-0.2, 0) is 4.79 Å². The van der Waals surface area contributed by atoms with Gasteiger partial charge in [0.2, 0.25) is 5.95 Å². The van der Waals surface area contributed by atoms with E-state index in [0.29, 0.717) is 64.6 Å². The van der Waals surface area contributed by atoms with Crippen molar-refractivity contribution in [1.82, 2.24) is 15.0 Å². The Kier molecular flexibility index (Phi) is 6.88. The van der Waals surface area contributed by atoms with Gasteiger partial charge in [0.25, 0.3) is 0 Å². The highest BCUT2D eigenvalue weighted by atomic mass is 35.5. The minimum absolute atomic E-state index is 0.272. The van der Waals surface area contributed by atoms with Crippen LogP contribution in [0.1, 0.15) is 31.4 Å². The van der Waals surface area contributed by atoms with Gasteiger partial charge < -0.3 is 15.3 Å². The standard InChI is InChI=1S/C27H24ClF2N5O2/c1-15(18-4-2-3-5-22(18)29)34-25-20-10-19(23(30)11-24(20)31-14-21(25)28)17-12-32-27(33-13-17)35-8-6-16(7-9-35)26(36)37/h2-5,10-16H,6-9H2,1H3,(H,31,34)(H,36,37). The predicted octanol–water partition coefficient (Wildman–Crippen LogP) is 6.10. The summed E-state index contributed by atoms with van der Waals surface area (Å²) in [4.78, 5) is 26.2. The Labute approximate surface area is 217 Å². The molecule has 37 heavy (non-hydrogen) atoms. The topological polar surface area (TPSA) is 91.2 Å². The highest BCUT2D eigenvalue weighted by Gasteiger charge is 2.26. The number of pyridine rings is 1. The molecule has 2 N–H and O–H groups in total. The summed E-state index contributed by atoms with van der Waals surface area (Å²) >= 11 is 6.47. The molecule has 0 spiro atoms. The molecule has 5 rings (SSSR count). The molecule has 1 aliphatic rings. The summed E-state index contributed by atoms with van der Waals surface area (Å²) in [5.74, 6) is -1.50. The minimum atomic E-state index is -0.783. The molecule has 7 nitrogen and oxygen atoms in total. The largest absolute Gasteiger partial charge is 0.481 e. The summed E-state index contributed by atoms with van der Waals surface area (Å²) in [7, 11) is 0. The zero-order valence-corrected chi connectivity index (χ0v) is 20.7. The smallest absolute Gasteiger partial charge is 0.306 e. The Bertz CT molecular complexity index is 1460. The first-order valence-corrected chi connectivity index (χ1v) is 12.3. The number of hydrogen-bond donors (Lipinski definition) is 2. The summed E-state index contributed by atoms with van der Waals surface area (Å²) < 4.78 is 29.5. The Morgan fingerprint density at radius 1 is 1.08 bits per heavy atom. The molecule has 1 unspecified atom stereocenters. The predicted molar refractivity (Wildman–Crippen MR) is 139 cm³/mol. The van der Waals surface area contributed by atoms with Crippen molar-refractivity contribution in [3.8, 4) is 11.1 Å². The fourth-order valence-corrected chi connectivity index (χ4v) is 4.83. The maximum absolute atomic E-state index is 15.1. The highest BCUT2D eigenvalue weighted by Crippen LogP contribution is 2.36. The number of nitrogens with zero attached hydrogens (tertiary/aromatic N) is 4. The molecule has 0 aliphatic carbocycles. The van der Waals surface area contributed by atoms with Gasteiger partial charge in [0.1, 0.15) is 11.6 Å². The molecule has 0 amide bonds. The van der Waals surface area contributed by atoms with Crippen LogP contribution in [0.25, 0.3) is 22.0 Å². The SMILES string of the molecule is CC(Nc1c(Cl)cnc2cc(F)c(-c3cnc(N4CCC(C(=O)O)CC4)nc3)cc12)c1ccccc1F. The minimum Gasteiger partial charge on any atom is -0.481 e. The van der Waals surface area contributed by atoms with E-state index in [9.17, 15) is 14.3 Å². The monoisotopic (exact) mass is 523 g/mol. The number of carboxylic acid groups (broad SMARTS) is 1. The number of fused-ring (bicyclic) bond motifs is 1. The number of aliphatic carboxylic acids is 1. The fraction of sp³-hybridized carbons (Fsp3) is 0.259. The second kappa shape index (κ2) is 10.3. The number of nitrogens with one attached hydrogen (secondary N) is 1. The Hall–Kier alpha value is -3.85. The van der Waals surface area contributed by atoms with Crippen molar-refractivity contribution in [2.24, 2.45) is 5.92 Å². The number of anilines is 2. The molecular weight excluding hydrogens is 500 g/mol. The number of carboxylic acids is 1. The third-order valence-electron chi connectivity index (χ3n) is 6.72. The van der Waals surface area contributed by atoms with Gasteiger partial charge in [-0.15, -0.1) is 0 Å². The van der Waals surface area contributed by atoms with Crippen LogP contribution in [0.5, 0.6) is 0 Å².